The fraction of sp³-hybridized carbons (Fsp3) is 0.875. The number of carboxylic acids is 1. The predicted octanol–water partition coefficient (Wildman–Crippen LogP) is -0.668. The van der Waals surface area contributed by atoms with E-state index in [4.69, 9.17) is 5.11 Å². The number of nitrogens with one attached hydrogen (secondary N) is 1. The molecular weight excluding hydrogens is 220 g/mol. The van der Waals surface area contributed by atoms with Crippen molar-refractivity contribution in [3.05, 3.63) is 0 Å². The number of aliphatic carboxylic acids is 1. The van der Waals surface area contributed by atoms with Crippen LogP contribution in [0.15, 0.2) is 0 Å². The zero-order valence-electron chi connectivity index (χ0n) is 9.06. The van der Waals surface area contributed by atoms with Gasteiger partial charge in [0, 0.05) is 6.54 Å². The van der Waals surface area contributed by atoms with Crippen molar-refractivity contribution in [2.24, 2.45) is 0 Å². The van der Waals surface area contributed by atoms with Gasteiger partial charge in [0.15, 0.2) is 5.75 Å². The standard InChI is InChI=1S/C8H18N2O4S/c1-10(2)6-4-3-5-9-15(13,14)7-8(11)12/h9H,3-7H2,1-2H3,(H,11,12). The van der Waals surface area contributed by atoms with Crippen LogP contribution in [0.4, 0.5) is 0 Å². The quantitative estimate of drug-likeness (QED) is 0.548. The highest BCUT2D eigenvalue weighted by molar-refractivity contribution is 7.90. The van der Waals surface area contributed by atoms with Gasteiger partial charge in [-0.15, -0.1) is 0 Å². The summed E-state index contributed by atoms with van der Waals surface area (Å²) in [4.78, 5) is 12.2. The van der Waals surface area contributed by atoms with Crippen molar-refractivity contribution in [1.82, 2.24) is 9.62 Å². The molecule has 0 bridgehead atoms. The largest absolute Gasteiger partial charge is 0.480 e. The Morgan fingerprint density at radius 2 is 1.93 bits per heavy atom. The summed E-state index contributed by atoms with van der Waals surface area (Å²) in [6.45, 7) is 1.18. The maximum atomic E-state index is 11.0. The Kier molecular flexibility index (Phi) is 6.46. The minimum Gasteiger partial charge on any atom is -0.480 e. The molecule has 6 nitrogen and oxygen atoms in total. The highest BCUT2D eigenvalue weighted by Crippen LogP contribution is 1.91. The van der Waals surface area contributed by atoms with Gasteiger partial charge in [-0.1, -0.05) is 0 Å². The smallest absolute Gasteiger partial charge is 0.320 e. The van der Waals surface area contributed by atoms with E-state index in [1.807, 2.05) is 19.0 Å². The van der Waals surface area contributed by atoms with E-state index in [0.29, 0.717) is 13.0 Å². The lowest BCUT2D eigenvalue weighted by atomic mass is 10.3. The number of sulfonamides is 1. The highest BCUT2D eigenvalue weighted by atomic mass is 32.2. The first-order chi connectivity index (χ1) is 6.83. The third-order valence-corrected chi connectivity index (χ3v) is 2.94. The molecule has 0 saturated heterocycles. The molecule has 0 aromatic heterocycles. The van der Waals surface area contributed by atoms with Crippen LogP contribution in [0.25, 0.3) is 0 Å². The molecule has 0 fully saturated rings. The molecule has 0 saturated carbocycles. The molecule has 0 aromatic rings. The van der Waals surface area contributed by atoms with E-state index >= 15 is 0 Å². The van der Waals surface area contributed by atoms with Crippen LogP contribution in [-0.2, 0) is 14.8 Å². The second kappa shape index (κ2) is 6.76. The summed E-state index contributed by atoms with van der Waals surface area (Å²) < 4.78 is 24.3. The molecule has 0 unspecified atom stereocenters. The topological polar surface area (TPSA) is 86.7 Å². The first-order valence-electron chi connectivity index (χ1n) is 4.67. The Bertz CT molecular complexity index is 287. The van der Waals surface area contributed by atoms with Crippen molar-refractivity contribution in [2.75, 3.05) is 32.9 Å². The number of hydrogen-bond donors (Lipinski definition) is 2. The third kappa shape index (κ3) is 9.64. The van der Waals surface area contributed by atoms with Crippen LogP contribution in [0.1, 0.15) is 12.8 Å². The van der Waals surface area contributed by atoms with E-state index in [9.17, 15) is 13.2 Å². The number of unbranched alkanes of at least 4 members (excludes halogenated alkanes) is 1. The van der Waals surface area contributed by atoms with Gasteiger partial charge in [0.1, 0.15) is 0 Å². The van der Waals surface area contributed by atoms with Crippen LogP contribution < -0.4 is 4.72 Å². The van der Waals surface area contributed by atoms with E-state index in [2.05, 4.69) is 4.72 Å². The molecule has 90 valence electrons. The summed E-state index contributed by atoms with van der Waals surface area (Å²) in [5.74, 6) is -2.20. The summed E-state index contributed by atoms with van der Waals surface area (Å²) in [6.07, 6.45) is 1.58. The molecule has 2 N–H and O–H groups in total. The van der Waals surface area contributed by atoms with E-state index in [-0.39, 0.29) is 0 Å². The van der Waals surface area contributed by atoms with Crippen LogP contribution >= 0.6 is 0 Å². The Labute approximate surface area is 90.3 Å². The summed E-state index contributed by atoms with van der Waals surface area (Å²) in [7, 11) is 0.233. The van der Waals surface area contributed by atoms with Crippen molar-refractivity contribution in [3.8, 4) is 0 Å². The molecule has 0 spiro atoms. The molecule has 0 aliphatic heterocycles. The lowest BCUT2D eigenvalue weighted by Gasteiger charge is -2.09. The van der Waals surface area contributed by atoms with Crippen LogP contribution in [0, 0.1) is 0 Å². The molecule has 0 atom stereocenters. The maximum Gasteiger partial charge on any atom is 0.320 e. The second-order valence-electron chi connectivity index (χ2n) is 3.56. The monoisotopic (exact) mass is 238 g/mol. The Morgan fingerprint density at radius 3 is 2.40 bits per heavy atom. The molecule has 0 heterocycles. The van der Waals surface area contributed by atoms with E-state index in [1.165, 1.54) is 0 Å². The third-order valence-electron chi connectivity index (χ3n) is 1.67. The van der Waals surface area contributed by atoms with Gasteiger partial charge in [-0.2, -0.15) is 0 Å². The van der Waals surface area contributed by atoms with Gasteiger partial charge >= 0.3 is 5.97 Å². The molecular formula is C8H18N2O4S. The van der Waals surface area contributed by atoms with Crippen LogP contribution in [-0.4, -0.2) is 57.3 Å². The molecule has 0 amide bonds. The minimum absolute atomic E-state index is 0.295. The SMILES string of the molecule is CN(C)CCCCNS(=O)(=O)CC(=O)O. The molecule has 0 aliphatic rings. The van der Waals surface area contributed by atoms with Crippen molar-refractivity contribution in [1.29, 1.82) is 0 Å². The molecule has 0 aliphatic carbocycles. The number of carboxylic acid groups (broad SMARTS) is 1. The summed E-state index contributed by atoms with van der Waals surface area (Å²) in [5.41, 5.74) is 0. The number of nitrogens with zero attached hydrogens (tertiary/aromatic N) is 1. The number of carbonyl (C=O) groups is 1. The zero-order valence-corrected chi connectivity index (χ0v) is 9.88. The zero-order chi connectivity index (χ0) is 11.9. The first kappa shape index (κ1) is 14.3. The average molecular weight is 238 g/mol. The van der Waals surface area contributed by atoms with E-state index in [0.717, 1.165) is 13.0 Å². The van der Waals surface area contributed by atoms with Gasteiger partial charge in [-0.05, 0) is 33.5 Å². The van der Waals surface area contributed by atoms with Crippen LogP contribution in [0.3, 0.4) is 0 Å². The predicted molar refractivity (Wildman–Crippen MR) is 57.2 cm³/mol. The molecule has 0 aromatic carbocycles. The molecule has 7 heteroatoms. The van der Waals surface area contributed by atoms with Gasteiger partial charge in [0.25, 0.3) is 0 Å². The minimum atomic E-state index is -3.64. The lowest BCUT2D eigenvalue weighted by Crippen LogP contribution is -2.31. The molecule has 0 rings (SSSR count). The lowest BCUT2D eigenvalue weighted by molar-refractivity contribution is -0.134. The average Bonchev–Trinajstić information content (AvgIpc) is 1.99. The number of rotatable bonds is 8. The van der Waals surface area contributed by atoms with Gasteiger partial charge in [-0.3, -0.25) is 4.79 Å². The van der Waals surface area contributed by atoms with E-state index < -0.39 is 21.7 Å². The van der Waals surface area contributed by atoms with Crippen LogP contribution in [0.5, 0.6) is 0 Å². The number of hydrogen-bond acceptors (Lipinski definition) is 4. The second-order valence-corrected chi connectivity index (χ2v) is 5.36. The Morgan fingerprint density at radius 1 is 1.33 bits per heavy atom. The van der Waals surface area contributed by atoms with Crippen LogP contribution in [0.2, 0.25) is 0 Å². The van der Waals surface area contributed by atoms with Gasteiger partial charge in [0.2, 0.25) is 10.0 Å². The van der Waals surface area contributed by atoms with Gasteiger partial charge in [0.05, 0.1) is 0 Å². The fourth-order valence-electron chi connectivity index (χ4n) is 0.994. The van der Waals surface area contributed by atoms with E-state index in [1.54, 1.807) is 0 Å². The normalized spacial score (nSPS) is 11.9. The van der Waals surface area contributed by atoms with Crippen molar-refractivity contribution >= 4 is 16.0 Å². The molecule has 0 radical (unpaired) electrons. The van der Waals surface area contributed by atoms with Gasteiger partial charge < -0.3 is 10.0 Å². The summed E-state index contributed by atoms with van der Waals surface area (Å²) in [6, 6.07) is 0. The summed E-state index contributed by atoms with van der Waals surface area (Å²) >= 11 is 0. The summed E-state index contributed by atoms with van der Waals surface area (Å²) in [5, 5.41) is 8.30. The highest BCUT2D eigenvalue weighted by Gasteiger charge is 2.13. The maximum absolute atomic E-state index is 11.0. The Balaban J connectivity index is 3.63. The first-order valence-corrected chi connectivity index (χ1v) is 6.32. The van der Waals surface area contributed by atoms with Crippen molar-refractivity contribution < 1.29 is 18.3 Å². The Hall–Kier alpha value is -0.660. The molecule has 15 heavy (non-hydrogen) atoms. The van der Waals surface area contributed by atoms with Gasteiger partial charge in [-0.25, -0.2) is 13.1 Å². The van der Waals surface area contributed by atoms with Crippen molar-refractivity contribution in [2.45, 2.75) is 12.8 Å². The fourth-order valence-corrected chi connectivity index (χ4v) is 1.88. The van der Waals surface area contributed by atoms with Crippen molar-refractivity contribution in [3.63, 3.8) is 0 Å².